The second kappa shape index (κ2) is 9.12. The minimum atomic E-state index is -1.13. The van der Waals surface area contributed by atoms with Crippen LogP contribution in [0.5, 0.6) is 0 Å². The number of nitrogens with zero attached hydrogens (tertiary/aromatic N) is 3. The highest BCUT2D eigenvalue weighted by Gasteiger charge is 2.44. The smallest absolute Gasteiger partial charge is 0.258 e. The number of amides is 1. The van der Waals surface area contributed by atoms with Crippen molar-refractivity contribution < 1.29 is 14.5 Å². The van der Waals surface area contributed by atoms with Crippen LogP contribution in [0.25, 0.3) is 0 Å². The van der Waals surface area contributed by atoms with Crippen LogP contribution in [-0.4, -0.2) is 57.0 Å². The highest BCUT2D eigenvalue weighted by atomic mass is 32.2. The van der Waals surface area contributed by atoms with Gasteiger partial charge in [-0.15, -0.1) is 0 Å². The number of aryl methyl sites for hydroxylation is 1. The van der Waals surface area contributed by atoms with Gasteiger partial charge in [0.1, 0.15) is 12.1 Å². The van der Waals surface area contributed by atoms with Crippen molar-refractivity contribution in [2.75, 3.05) is 41.5 Å². The maximum Gasteiger partial charge on any atom is 0.258 e. The first-order valence-electron chi connectivity index (χ1n) is 11.4. The number of benzene rings is 1. The van der Waals surface area contributed by atoms with Gasteiger partial charge in [-0.2, -0.15) is 4.98 Å². The van der Waals surface area contributed by atoms with Crippen molar-refractivity contribution >= 4 is 34.5 Å². The summed E-state index contributed by atoms with van der Waals surface area (Å²) in [6, 6.07) is 7.10. The number of nitrogens with one attached hydrogen (secondary N) is 2. The highest BCUT2D eigenvalue weighted by molar-refractivity contribution is 7.90. The molecule has 2 aliphatic rings. The molecule has 1 unspecified atom stereocenters. The van der Waals surface area contributed by atoms with Crippen LogP contribution in [0.4, 0.5) is 17.5 Å². The van der Waals surface area contributed by atoms with Crippen LogP contribution in [0, 0.1) is 12.3 Å². The van der Waals surface area contributed by atoms with Gasteiger partial charge in [0.25, 0.3) is 5.91 Å². The molecule has 1 aliphatic carbocycles. The lowest BCUT2D eigenvalue weighted by molar-refractivity contribution is 0.102. The van der Waals surface area contributed by atoms with Gasteiger partial charge in [0.15, 0.2) is 4.90 Å². The molecule has 0 radical (unpaired) electrons. The van der Waals surface area contributed by atoms with E-state index in [2.05, 4.69) is 25.5 Å². The average molecular weight is 472 g/mol. The molecule has 1 aromatic carbocycles. The molecule has 1 aromatic heterocycles. The molecular weight excluding hydrogens is 438 g/mol. The van der Waals surface area contributed by atoms with E-state index in [4.69, 9.17) is 0 Å². The molecule has 33 heavy (non-hydrogen) atoms. The van der Waals surface area contributed by atoms with E-state index in [0.29, 0.717) is 33.3 Å². The van der Waals surface area contributed by atoms with E-state index >= 15 is 0 Å². The first-order chi connectivity index (χ1) is 15.6. The Morgan fingerprint density at radius 2 is 1.91 bits per heavy atom. The summed E-state index contributed by atoms with van der Waals surface area (Å²) in [5.41, 5.74) is 1.98. The number of aliphatic hydroxyl groups excluding tert-OH is 1. The average Bonchev–Trinajstić information content (AvgIpc) is 3.51. The van der Waals surface area contributed by atoms with Crippen LogP contribution in [0.1, 0.15) is 55.6 Å². The maximum absolute atomic E-state index is 13.3. The van der Waals surface area contributed by atoms with E-state index in [1.165, 1.54) is 12.8 Å². The molecule has 1 saturated carbocycles. The van der Waals surface area contributed by atoms with Crippen molar-refractivity contribution in [2.24, 2.45) is 5.41 Å². The van der Waals surface area contributed by atoms with Gasteiger partial charge in [-0.05, 0) is 75.2 Å². The van der Waals surface area contributed by atoms with Gasteiger partial charge in [0.05, 0.1) is 23.4 Å². The minimum absolute atomic E-state index is 0.0857. The minimum Gasteiger partial charge on any atom is -0.612 e. The van der Waals surface area contributed by atoms with E-state index < -0.39 is 16.7 Å². The summed E-state index contributed by atoms with van der Waals surface area (Å²) in [6.07, 6.45) is 6.54. The Labute approximate surface area is 198 Å². The second-order valence-corrected chi connectivity index (χ2v) is 11.3. The quantitative estimate of drug-likeness (QED) is 0.531. The lowest BCUT2D eigenvalue weighted by Gasteiger charge is -2.35. The number of hydrogen-bond donors (Lipinski definition) is 3. The summed E-state index contributed by atoms with van der Waals surface area (Å²) in [7, 11) is 0. The predicted molar refractivity (Wildman–Crippen MR) is 131 cm³/mol. The summed E-state index contributed by atoms with van der Waals surface area (Å²) in [5.74, 6) is 0.455. The van der Waals surface area contributed by atoms with Crippen molar-refractivity contribution in [3.05, 3.63) is 35.5 Å². The van der Waals surface area contributed by atoms with Gasteiger partial charge in [-0.3, -0.25) is 4.79 Å². The lowest BCUT2D eigenvalue weighted by atomic mass is 9.93. The van der Waals surface area contributed by atoms with E-state index in [1.807, 2.05) is 26.8 Å². The number of anilines is 3. The van der Waals surface area contributed by atoms with Crippen molar-refractivity contribution in [1.82, 2.24) is 9.97 Å². The first-order valence-corrected chi connectivity index (χ1v) is 12.9. The first kappa shape index (κ1) is 23.8. The van der Waals surface area contributed by atoms with Crippen LogP contribution in [0.3, 0.4) is 0 Å². The fraction of sp³-hybridized carbons (Fsp3) is 0.542. The fourth-order valence-corrected chi connectivity index (χ4v) is 4.79. The number of carbonyl (C=O) groups excluding carboxylic acids is 1. The van der Waals surface area contributed by atoms with E-state index in [0.717, 1.165) is 31.6 Å². The van der Waals surface area contributed by atoms with Crippen molar-refractivity contribution in [3.63, 3.8) is 0 Å². The monoisotopic (exact) mass is 471 g/mol. The number of carbonyl (C=O) groups is 1. The summed E-state index contributed by atoms with van der Waals surface area (Å²) in [6.45, 7) is 7.22. The number of hydrogen-bond acceptors (Lipinski definition) is 7. The largest absolute Gasteiger partial charge is 0.612 e. The Morgan fingerprint density at radius 1 is 1.21 bits per heavy atom. The normalized spacial score (nSPS) is 18.2. The Hall–Kier alpha value is -2.36. The molecule has 2 heterocycles. The van der Waals surface area contributed by atoms with Crippen LogP contribution in [0.2, 0.25) is 0 Å². The van der Waals surface area contributed by atoms with Gasteiger partial charge in [0.2, 0.25) is 5.95 Å². The third kappa shape index (κ3) is 5.59. The molecule has 1 atom stereocenters. The molecule has 3 N–H and O–H groups in total. The molecule has 8 nitrogen and oxygen atoms in total. The van der Waals surface area contributed by atoms with Gasteiger partial charge in [0, 0.05) is 30.9 Å². The van der Waals surface area contributed by atoms with Gasteiger partial charge < -0.3 is 25.2 Å². The van der Waals surface area contributed by atoms with Crippen LogP contribution in [-0.2, 0) is 11.2 Å². The molecule has 1 spiro atoms. The molecule has 1 amide bonds. The SMILES string of the molecule is Cc1cc(NC(=O)c2ccc([S+](C)[O-])cc2N2CCC3(CC2)CC3)nc(NC(C)(C)CO)n1. The zero-order valence-corrected chi connectivity index (χ0v) is 20.6. The summed E-state index contributed by atoms with van der Waals surface area (Å²) >= 11 is -1.13. The molecule has 1 saturated heterocycles. The van der Waals surface area contributed by atoms with Gasteiger partial charge in [-0.25, -0.2) is 4.98 Å². The lowest BCUT2D eigenvalue weighted by Crippen LogP contribution is -2.36. The fourth-order valence-electron chi connectivity index (χ4n) is 4.26. The molecule has 0 bridgehead atoms. The molecule has 9 heteroatoms. The third-order valence-corrected chi connectivity index (χ3v) is 7.53. The van der Waals surface area contributed by atoms with Crippen molar-refractivity contribution in [1.29, 1.82) is 0 Å². The number of rotatable bonds is 7. The molecule has 4 rings (SSSR count). The standard InChI is InChI=1S/C24H33N5O3S/c1-16-13-20(27-22(25-16)28-23(2,3)15-30)26-21(31)18-6-5-17(33(4)32)14-19(18)29-11-9-24(7-8-24)10-12-29/h5-6,13-14,30H,7-12,15H2,1-4H3,(H2,25,26,27,28,31). The van der Waals surface area contributed by atoms with Gasteiger partial charge in [-0.1, -0.05) is 0 Å². The van der Waals surface area contributed by atoms with Crippen molar-refractivity contribution in [3.8, 4) is 0 Å². The Bertz CT molecular complexity index is 1030. The Kier molecular flexibility index (Phi) is 6.57. The van der Waals surface area contributed by atoms with E-state index in [-0.39, 0.29) is 12.5 Å². The van der Waals surface area contributed by atoms with Gasteiger partial charge >= 0.3 is 0 Å². The molecule has 1 aliphatic heterocycles. The number of aromatic nitrogens is 2. The maximum atomic E-state index is 13.3. The topological polar surface area (TPSA) is 113 Å². The Balaban J connectivity index is 1.58. The summed E-state index contributed by atoms with van der Waals surface area (Å²) < 4.78 is 12.1. The third-order valence-electron chi connectivity index (χ3n) is 6.61. The molecule has 2 fully saturated rings. The molecule has 178 valence electrons. The highest BCUT2D eigenvalue weighted by Crippen LogP contribution is 2.54. The molecular formula is C24H33N5O3S. The number of aliphatic hydroxyl groups is 1. The second-order valence-electron chi connectivity index (χ2n) is 9.96. The van der Waals surface area contributed by atoms with E-state index in [1.54, 1.807) is 24.5 Å². The van der Waals surface area contributed by atoms with Crippen molar-refractivity contribution in [2.45, 2.75) is 56.9 Å². The van der Waals surface area contributed by atoms with Crippen LogP contribution < -0.4 is 15.5 Å². The summed E-state index contributed by atoms with van der Waals surface area (Å²) in [5, 5.41) is 15.5. The zero-order chi connectivity index (χ0) is 23.8. The van der Waals surface area contributed by atoms with Crippen LogP contribution in [0.15, 0.2) is 29.2 Å². The van der Waals surface area contributed by atoms with E-state index in [9.17, 15) is 14.5 Å². The molecule has 2 aromatic rings. The number of piperidine rings is 1. The zero-order valence-electron chi connectivity index (χ0n) is 19.8. The van der Waals surface area contributed by atoms with Crippen LogP contribution >= 0.6 is 0 Å². The Morgan fingerprint density at radius 3 is 2.52 bits per heavy atom. The predicted octanol–water partition coefficient (Wildman–Crippen LogP) is 3.34. The summed E-state index contributed by atoms with van der Waals surface area (Å²) in [4.78, 5) is 25.1.